The molecular formula is C17H18N8O. The van der Waals surface area contributed by atoms with E-state index >= 15 is 0 Å². The molecule has 5 N–H and O–H groups in total. The van der Waals surface area contributed by atoms with Crippen molar-refractivity contribution in [3.63, 3.8) is 0 Å². The summed E-state index contributed by atoms with van der Waals surface area (Å²) >= 11 is 0. The van der Waals surface area contributed by atoms with Gasteiger partial charge < -0.3 is 21.1 Å². The van der Waals surface area contributed by atoms with Gasteiger partial charge in [0.2, 0.25) is 0 Å². The number of nitrogens with zero attached hydrogens (tertiary/aromatic N) is 5. The van der Waals surface area contributed by atoms with Gasteiger partial charge in [0.15, 0.2) is 11.6 Å². The molecule has 0 saturated heterocycles. The lowest BCUT2D eigenvalue weighted by Crippen LogP contribution is -2.07. The van der Waals surface area contributed by atoms with E-state index in [9.17, 15) is 0 Å². The van der Waals surface area contributed by atoms with Crippen molar-refractivity contribution < 1.29 is 5.11 Å². The molecule has 0 amide bonds. The monoisotopic (exact) mass is 350 g/mol. The molecule has 0 spiro atoms. The third kappa shape index (κ3) is 3.20. The molecule has 9 heteroatoms. The van der Waals surface area contributed by atoms with E-state index in [1.165, 1.54) is 0 Å². The Morgan fingerprint density at radius 3 is 3.04 bits per heavy atom. The fourth-order valence-corrected chi connectivity index (χ4v) is 2.68. The normalized spacial score (nSPS) is 11.1. The van der Waals surface area contributed by atoms with Gasteiger partial charge in [-0.25, -0.2) is 15.0 Å². The van der Waals surface area contributed by atoms with Crippen LogP contribution in [0, 0.1) is 0 Å². The lowest BCUT2D eigenvalue weighted by molar-refractivity contribution is 0.269. The number of hydrogen-bond donors (Lipinski definition) is 4. The highest BCUT2D eigenvalue weighted by atomic mass is 16.3. The SMILES string of the molecule is Nc1ncc(-c2cnn(CCO)c2)nc1NCc1cc2cccnc2[nH]1. The first-order chi connectivity index (χ1) is 12.7. The molecule has 0 aromatic carbocycles. The summed E-state index contributed by atoms with van der Waals surface area (Å²) in [4.78, 5) is 16.3. The number of hydrogen-bond acceptors (Lipinski definition) is 7. The number of aromatic amines is 1. The van der Waals surface area contributed by atoms with Crippen LogP contribution in [0.1, 0.15) is 5.69 Å². The van der Waals surface area contributed by atoms with Gasteiger partial charge in [-0.2, -0.15) is 5.10 Å². The van der Waals surface area contributed by atoms with E-state index in [4.69, 9.17) is 10.8 Å². The number of nitrogens with two attached hydrogens (primary N) is 1. The van der Waals surface area contributed by atoms with Crippen LogP contribution in [0.5, 0.6) is 0 Å². The number of fused-ring (bicyclic) bond motifs is 1. The summed E-state index contributed by atoms with van der Waals surface area (Å²) in [6.45, 7) is 0.977. The maximum Gasteiger partial charge on any atom is 0.169 e. The maximum absolute atomic E-state index is 8.99. The molecule has 0 atom stereocenters. The minimum atomic E-state index is 0.0285. The van der Waals surface area contributed by atoms with Crippen LogP contribution in [-0.2, 0) is 13.1 Å². The number of aliphatic hydroxyl groups excluding tert-OH is 1. The largest absolute Gasteiger partial charge is 0.394 e. The molecule has 0 aliphatic heterocycles. The fraction of sp³-hybridized carbons (Fsp3) is 0.176. The van der Waals surface area contributed by atoms with E-state index in [1.54, 1.807) is 23.3 Å². The zero-order valence-corrected chi connectivity index (χ0v) is 13.9. The Balaban J connectivity index is 1.53. The van der Waals surface area contributed by atoms with E-state index in [0.29, 0.717) is 30.4 Å². The van der Waals surface area contributed by atoms with Crippen molar-refractivity contribution in [3.8, 4) is 11.3 Å². The van der Waals surface area contributed by atoms with Crippen molar-refractivity contribution in [1.82, 2.24) is 29.7 Å². The van der Waals surface area contributed by atoms with E-state index in [1.807, 2.05) is 24.4 Å². The fourth-order valence-electron chi connectivity index (χ4n) is 2.68. The lowest BCUT2D eigenvalue weighted by Gasteiger charge is -2.08. The maximum atomic E-state index is 8.99. The van der Waals surface area contributed by atoms with Gasteiger partial charge in [0, 0.05) is 29.0 Å². The summed E-state index contributed by atoms with van der Waals surface area (Å²) in [5.74, 6) is 0.828. The summed E-state index contributed by atoms with van der Waals surface area (Å²) in [5.41, 5.74) is 9.23. The highest BCUT2D eigenvalue weighted by molar-refractivity contribution is 5.76. The average molecular weight is 350 g/mol. The molecule has 0 saturated carbocycles. The van der Waals surface area contributed by atoms with Crippen LogP contribution in [-0.4, -0.2) is 41.4 Å². The van der Waals surface area contributed by atoms with Gasteiger partial charge in [-0.3, -0.25) is 4.68 Å². The number of anilines is 2. The molecule has 4 aromatic heterocycles. The molecule has 26 heavy (non-hydrogen) atoms. The van der Waals surface area contributed by atoms with Gasteiger partial charge in [0.05, 0.1) is 37.8 Å². The molecule has 0 unspecified atom stereocenters. The number of nitrogens with one attached hydrogen (secondary N) is 2. The number of rotatable bonds is 6. The predicted molar refractivity (Wildman–Crippen MR) is 98.2 cm³/mol. The molecule has 4 aromatic rings. The Morgan fingerprint density at radius 2 is 2.19 bits per heavy atom. The Labute approximate surface area is 148 Å². The van der Waals surface area contributed by atoms with Crippen molar-refractivity contribution in [2.75, 3.05) is 17.7 Å². The highest BCUT2D eigenvalue weighted by Gasteiger charge is 2.09. The summed E-state index contributed by atoms with van der Waals surface area (Å²) in [6.07, 6.45) is 6.85. The molecule has 4 rings (SSSR count). The Morgan fingerprint density at radius 1 is 1.27 bits per heavy atom. The smallest absolute Gasteiger partial charge is 0.169 e. The van der Waals surface area contributed by atoms with Crippen LogP contribution in [0.2, 0.25) is 0 Å². The first-order valence-electron chi connectivity index (χ1n) is 8.15. The lowest BCUT2D eigenvalue weighted by atomic mass is 10.2. The van der Waals surface area contributed by atoms with Gasteiger partial charge >= 0.3 is 0 Å². The molecule has 0 aliphatic carbocycles. The summed E-state index contributed by atoms with van der Waals surface area (Å²) < 4.78 is 1.65. The molecule has 4 heterocycles. The molecule has 0 bridgehead atoms. The van der Waals surface area contributed by atoms with Crippen LogP contribution in [0.15, 0.2) is 43.0 Å². The number of nitrogen functional groups attached to an aromatic ring is 1. The average Bonchev–Trinajstić information content (AvgIpc) is 3.28. The van der Waals surface area contributed by atoms with Crippen LogP contribution < -0.4 is 11.1 Å². The molecule has 0 radical (unpaired) electrons. The van der Waals surface area contributed by atoms with Gasteiger partial charge in [-0.1, -0.05) is 0 Å². The number of aromatic nitrogens is 6. The quantitative estimate of drug-likeness (QED) is 0.413. The van der Waals surface area contributed by atoms with Crippen LogP contribution in [0.3, 0.4) is 0 Å². The van der Waals surface area contributed by atoms with Gasteiger partial charge in [0.25, 0.3) is 0 Å². The van der Waals surface area contributed by atoms with Crippen molar-refractivity contribution >= 4 is 22.7 Å². The summed E-state index contributed by atoms with van der Waals surface area (Å²) in [5, 5.41) is 17.4. The van der Waals surface area contributed by atoms with Crippen molar-refractivity contribution in [2.45, 2.75) is 13.1 Å². The Bertz CT molecular complexity index is 1010. The second-order valence-electron chi connectivity index (χ2n) is 5.79. The zero-order valence-electron chi connectivity index (χ0n) is 13.9. The van der Waals surface area contributed by atoms with E-state index in [0.717, 1.165) is 22.3 Å². The van der Waals surface area contributed by atoms with Crippen LogP contribution >= 0.6 is 0 Å². The third-order valence-electron chi connectivity index (χ3n) is 3.95. The minimum Gasteiger partial charge on any atom is -0.394 e. The van der Waals surface area contributed by atoms with E-state index in [-0.39, 0.29) is 6.61 Å². The Kier molecular flexibility index (Phi) is 4.20. The Hall–Kier alpha value is -3.46. The minimum absolute atomic E-state index is 0.0285. The third-order valence-corrected chi connectivity index (χ3v) is 3.95. The van der Waals surface area contributed by atoms with Gasteiger partial charge in [0.1, 0.15) is 5.65 Å². The van der Waals surface area contributed by atoms with Crippen molar-refractivity contribution in [2.24, 2.45) is 0 Å². The second-order valence-corrected chi connectivity index (χ2v) is 5.79. The van der Waals surface area contributed by atoms with Crippen molar-refractivity contribution in [3.05, 3.63) is 48.7 Å². The number of H-pyrrole nitrogens is 1. The predicted octanol–water partition coefficient (Wildman–Crippen LogP) is 1.40. The second kappa shape index (κ2) is 6.81. The number of aliphatic hydroxyl groups is 1. The van der Waals surface area contributed by atoms with Crippen LogP contribution in [0.4, 0.5) is 11.6 Å². The summed E-state index contributed by atoms with van der Waals surface area (Å²) in [7, 11) is 0. The molecule has 9 nitrogen and oxygen atoms in total. The van der Waals surface area contributed by atoms with Crippen LogP contribution in [0.25, 0.3) is 22.3 Å². The topological polar surface area (TPSA) is 131 Å². The molecule has 0 aliphatic rings. The van der Waals surface area contributed by atoms with Crippen molar-refractivity contribution in [1.29, 1.82) is 0 Å². The molecular weight excluding hydrogens is 332 g/mol. The molecule has 0 fully saturated rings. The van der Waals surface area contributed by atoms with Gasteiger partial charge in [-0.15, -0.1) is 0 Å². The van der Waals surface area contributed by atoms with E-state index < -0.39 is 0 Å². The standard InChI is InChI=1S/C17H18N8O/c18-15-17(21-8-13-6-11-2-1-3-19-16(11)23-13)24-14(9-20-15)12-7-22-25(10-12)4-5-26/h1-3,6-7,9-10,26H,4-5,8H2,(H2,18,20)(H,19,23)(H,21,24). The first-order valence-corrected chi connectivity index (χ1v) is 8.15. The van der Waals surface area contributed by atoms with E-state index in [2.05, 4.69) is 30.4 Å². The van der Waals surface area contributed by atoms with Gasteiger partial charge in [-0.05, 0) is 18.2 Å². The zero-order chi connectivity index (χ0) is 17.9. The highest BCUT2D eigenvalue weighted by Crippen LogP contribution is 2.21. The molecule has 132 valence electrons. The number of pyridine rings is 1. The first kappa shape index (κ1) is 16.0. The summed E-state index contributed by atoms with van der Waals surface area (Å²) in [6, 6.07) is 5.93.